The molecule has 0 fully saturated rings. The van der Waals surface area contributed by atoms with Crippen LogP contribution in [0.4, 0.5) is 0 Å². The van der Waals surface area contributed by atoms with Crippen molar-refractivity contribution in [1.82, 2.24) is 0 Å². The molecule has 0 heterocycles. The molecule has 0 rings (SSSR count). The van der Waals surface area contributed by atoms with E-state index in [9.17, 15) is 0 Å². The Morgan fingerprint density at radius 2 is 1.10 bits per heavy atom. The van der Waals surface area contributed by atoms with E-state index in [1.807, 2.05) is 0 Å². The fraction of sp³-hybridized carbons (Fsp3) is 1.00. The average molecular weight is 369 g/mol. The zero-order valence-corrected chi connectivity index (χ0v) is 16.7. The first-order valence-corrected chi connectivity index (χ1v) is 10.8. The van der Waals surface area contributed by atoms with Crippen molar-refractivity contribution in [3.05, 3.63) is 0 Å². The maximum absolute atomic E-state index is 6.17. The molecule has 0 aliphatic rings. The summed E-state index contributed by atoms with van der Waals surface area (Å²) in [6.45, 7) is 15.1. The first-order chi connectivity index (χ1) is 9.31. The normalized spacial score (nSPS) is 12.9. The molecular weight excluding hydrogens is 336 g/mol. The highest BCUT2D eigenvalue weighted by atomic mass is 79.9. The highest BCUT2D eigenvalue weighted by Crippen LogP contribution is 2.22. The van der Waals surface area contributed by atoms with Crippen molar-refractivity contribution in [2.75, 3.05) is 25.2 Å². The summed E-state index contributed by atoms with van der Waals surface area (Å²) in [5, 5.41) is 0.961. The first-order valence-electron chi connectivity index (χ1n) is 7.79. The lowest BCUT2D eigenvalue weighted by Crippen LogP contribution is -2.48. The monoisotopic (exact) mass is 368 g/mol. The third-order valence-corrected chi connectivity index (χ3v) is 5.87. The fourth-order valence-corrected chi connectivity index (χ4v) is 5.36. The van der Waals surface area contributed by atoms with Crippen molar-refractivity contribution in [2.24, 2.45) is 17.8 Å². The molecule has 0 unspecified atom stereocenters. The third-order valence-electron chi connectivity index (χ3n) is 2.53. The quantitative estimate of drug-likeness (QED) is 0.368. The highest BCUT2D eigenvalue weighted by Gasteiger charge is 2.41. The summed E-state index contributed by atoms with van der Waals surface area (Å²) >= 11 is 3.50. The average Bonchev–Trinajstić information content (AvgIpc) is 2.36. The molecule has 3 nitrogen and oxygen atoms in total. The lowest BCUT2D eigenvalue weighted by molar-refractivity contribution is 0.0367. The zero-order valence-electron chi connectivity index (χ0n) is 14.1. The van der Waals surface area contributed by atoms with E-state index in [1.165, 1.54) is 0 Å². The molecule has 20 heavy (non-hydrogen) atoms. The molecule has 0 N–H and O–H groups in total. The number of alkyl halides is 1. The zero-order chi connectivity index (χ0) is 15.6. The molecular formula is C15H33BrO3Si. The van der Waals surface area contributed by atoms with E-state index < -0.39 is 8.80 Å². The second-order valence-corrected chi connectivity index (χ2v) is 10.1. The largest absolute Gasteiger partial charge is 0.501 e. The maximum Gasteiger partial charge on any atom is 0.501 e. The van der Waals surface area contributed by atoms with Crippen molar-refractivity contribution in [1.29, 1.82) is 0 Å². The molecule has 0 spiro atoms. The lowest BCUT2D eigenvalue weighted by Gasteiger charge is -2.31. The fourth-order valence-electron chi connectivity index (χ4n) is 1.51. The van der Waals surface area contributed by atoms with Crippen LogP contribution in [0.15, 0.2) is 0 Å². The molecule has 0 atom stereocenters. The van der Waals surface area contributed by atoms with Crippen LogP contribution in [0.1, 0.15) is 48.0 Å². The summed E-state index contributed by atoms with van der Waals surface area (Å²) in [6, 6.07) is 0.893. The van der Waals surface area contributed by atoms with E-state index >= 15 is 0 Å². The summed E-state index contributed by atoms with van der Waals surface area (Å²) < 4.78 is 18.5. The molecule has 0 amide bonds. The molecule has 0 aliphatic carbocycles. The van der Waals surface area contributed by atoms with E-state index in [-0.39, 0.29) is 0 Å². The predicted molar refractivity (Wildman–Crippen MR) is 91.3 cm³/mol. The Morgan fingerprint density at radius 3 is 1.35 bits per heavy atom. The molecule has 122 valence electrons. The Bertz CT molecular complexity index is 204. The van der Waals surface area contributed by atoms with Crippen molar-refractivity contribution in [3.63, 3.8) is 0 Å². The maximum atomic E-state index is 6.17. The number of hydrogen-bond acceptors (Lipinski definition) is 3. The number of halogens is 1. The Hall–Kier alpha value is 0.577. The standard InChI is InChI=1S/C15H33BrO3Si/c1-13(2)10-17-20(9-7-8-16,18-11-14(3)4)19-12-15(5)6/h13-15H,7-12H2,1-6H3. The molecule has 0 aromatic carbocycles. The van der Waals surface area contributed by atoms with Crippen LogP contribution in [0.25, 0.3) is 0 Å². The molecule has 0 aromatic rings. The first kappa shape index (κ1) is 20.6. The van der Waals surface area contributed by atoms with Crippen LogP contribution in [-0.4, -0.2) is 34.0 Å². The van der Waals surface area contributed by atoms with Gasteiger partial charge >= 0.3 is 8.80 Å². The van der Waals surface area contributed by atoms with Crippen LogP contribution in [0.2, 0.25) is 6.04 Å². The highest BCUT2D eigenvalue weighted by molar-refractivity contribution is 9.09. The van der Waals surface area contributed by atoms with Crippen LogP contribution < -0.4 is 0 Å². The lowest BCUT2D eigenvalue weighted by atomic mass is 10.2. The van der Waals surface area contributed by atoms with Crippen molar-refractivity contribution >= 4 is 24.7 Å². The third kappa shape index (κ3) is 10.3. The molecule has 5 heteroatoms. The minimum absolute atomic E-state index is 0.496. The Kier molecular flexibility index (Phi) is 11.5. The SMILES string of the molecule is CC(C)CO[Si](CCCBr)(OCC(C)C)OCC(C)C. The van der Waals surface area contributed by atoms with Crippen LogP contribution in [0.3, 0.4) is 0 Å². The molecule has 0 saturated carbocycles. The van der Waals surface area contributed by atoms with Gasteiger partial charge in [0.25, 0.3) is 0 Å². The van der Waals surface area contributed by atoms with E-state index in [1.54, 1.807) is 0 Å². The predicted octanol–water partition coefficient (Wildman–Crippen LogP) is 4.73. The van der Waals surface area contributed by atoms with Crippen LogP contribution >= 0.6 is 15.9 Å². The number of rotatable bonds is 12. The number of hydrogen-bond donors (Lipinski definition) is 0. The van der Waals surface area contributed by atoms with Crippen molar-refractivity contribution in [3.8, 4) is 0 Å². The van der Waals surface area contributed by atoms with Crippen LogP contribution in [-0.2, 0) is 13.3 Å². The van der Waals surface area contributed by atoms with Gasteiger partial charge in [-0.05, 0) is 24.2 Å². The second-order valence-electron chi connectivity index (χ2n) is 6.59. The van der Waals surface area contributed by atoms with Gasteiger partial charge in [0, 0.05) is 31.2 Å². The topological polar surface area (TPSA) is 27.7 Å². The van der Waals surface area contributed by atoms with Gasteiger partial charge in [-0.1, -0.05) is 57.5 Å². The van der Waals surface area contributed by atoms with E-state index in [0.717, 1.165) is 17.8 Å². The summed E-state index contributed by atoms with van der Waals surface area (Å²) in [7, 11) is -2.53. The van der Waals surface area contributed by atoms with Gasteiger partial charge in [0.2, 0.25) is 0 Å². The molecule has 0 bridgehead atoms. The smallest absolute Gasteiger partial charge is 0.373 e. The van der Waals surface area contributed by atoms with Gasteiger partial charge in [0.15, 0.2) is 0 Å². The minimum Gasteiger partial charge on any atom is -0.373 e. The Morgan fingerprint density at radius 1 is 0.750 bits per heavy atom. The van der Waals surface area contributed by atoms with Gasteiger partial charge in [0.1, 0.15) is 0 Å². The van der Waals surface area contributed by atoms with E-state index in [2.05, 4.69) is 57.5 Å². The molecule has 0 radical (unpaired) electrons. The summed E-state index contributed by atoms with van der Waals surface area (Å²) in [5.74, 6) is 1.49. The van der Waals surface area contributed by atoms with Crippen LogP contribution in [0.5, 0.6) is 0 Å². The van der Waals surface area contributed by atoms with Crippen molar-refractivity contribution < 1.29 is 13.3 Å². The summed E-state index contributed by atoms with van der Waals surface area (Å²) in [4.78, 5) is 0. The summed E-state index contributed by atoms with van der Waals surface area (Å²) in [5.41, 5.74) is 0. The molecule has 0 saturated heterocycles. The molecule has 0 aromatic heterocycles. The van der Waals surface area contributed by atoms with Gasteiger partial charge in [-0.25, -0.2) is 0 Å². The summed E-state index contributed by atoms with van der Waals surface area (Å²) in [6.07, 6.45) is 1.03. The van der Waals surface area contributed by atoms with E-state index in [0.29, 0.717) is 37.6 Å². The van der Waals surface area contributed by atoms with Crippen LogP contribution in [0, 0.1) is 17.8 Å². The van der Waals surface area contributed by atoms with Gasteiger partial charge in [0.05, 0.1) is 0 Å². The van der Waals surface area contributed by atoms with Gasteiger partial charge in [-0.15, -0.1) is 0 Å². The van der Waals surface area contributed by atoms with Gasteiger partial charge < -0.3 is 13.3 Å². The van der Waals surface area contributed by atoms with Gasteiger partial charge in [-0.3, -0.25) is 0 Å². The van der Waals surface area contributed by atoms with Crippen molar-refractivity contribution in [2.45, 2.75) is 54.0 Å². The van der Waals surface area contributed by atoms with Gasteiger partial charge in [-0.2, -0.15) is 0 Å². The van der Waals surface area contributed by atoms with E-state index in [4.69, 9.17) is 13.3 Å². The molecule has 0 aliphatic heterocycles. The Labute approximate surface area is 135 Å². The second kappa shape index (κ2) is 11.2. The Balaban J connectivity index is 4.74. The minimum atomic E-state index is -2.53.